The molecule has 0 aromatic heterocycles. The maximum atomic E-state index is 4.75. The van der Waals surface area contributed by atoms with Crippen molar-refractivity contribution in [1.82, 2.24) is 0 Å². The maximum Gasteiger partial charge on any atom is 0.0758 e. The summed E-state index contributed by atoms with van der Waals surface area (Å²) in [6, 6.07) is 12.6. The Morgan fingerprint density at radius 3 is 2.88 bits per heavy atom. The third-order valence-electron chi connectivity index (χ3n) is 3.36. The van der Waals surface area contributed by atoms with Gasteiger partial charge in [-0.05, 0) is 16.8 Å². The zero-order valence-electron chi connectivity index (χ0n) is 9.22. The molecule has 0 bridgehead atoms. The van der Waals surface area contributed by atoms with E-state index in [1.54, 1.807) is 0 Å². The van der Waals surface area contributed by atoms with E-state index < -0.39 is 0 Å². The lowest BCUT2D eigenvalue weighted by atomic mass is 10.0. The van der Waals surface area contributed by atoms with Crippen LogP contribution in [0.2, 0.25) is 0 Å². The van der Waals surface area contributed by atoms with Crippen molar-refractivity contribution in [3.63, 3.8) is 0 Å². The quantitative estimate of drug-likeness (QED) is 0.547. The van der Waals surface area contributed by atoms with Crippen LogP contribution >= 0.6 is 0 Å². The number of para-hydroxylation sites is 1. The Bertz CT molecular complexity index is 861. The molecule has 2 aliphatic heterocycles. The fraction of sp³-hybridized carbons (Fsp3) is 0.0667. The number of hydrogen-bond acceptors (Lipinski definition) is 2. The van der Waals surface area contributed by atoms with Crippen LogP contribution in [0.4, 0.5) is 5.69 Å². The fourth-order valence-electron chi connectivity index (χ4n) is 2.53. The third-order valence-corrected chi connectivity index (χ3v) is 3.36. The first kappa shape index (κ1) is 8.88. The Morgan fingerprint density at radius 2 is 1.88 bits per heavy atom. The zero-order valence-corrected chi connectivity index (χ0v) is 9.22. The number of hydrogen-bond donors (Lipinski definition) is 0. The van der Waals surface area contributed by atoms with Crippen molar-refractivity contribution in [1.29, 1.82) is 0 Å². The Morgan fingerprint density at radius 1 is 0.941 bits per heavy atom. The lowest BCUT2D eigenvalue weighted by Gasteiger charge is -2.05. The molecule has 2 heteroatoms. The minimum absolute atomic E-state index is 0.881. The van der Waals surface area contributed by atoms with E-state index in [0.29, 0.717) is 0 Å². The normalized spacial score (nSPS) is 14.4. The monoisotopic (exact) mass is 218 g/mol. The lowest BCUT2D eigenvalue weighted by molar-refractivity contribution is 1.24. The van der Waals surface area contributed by atoms with E-state index in [2.05, 4.69) is 35.3 Å². The largest absolute Gasteiger partial charge is 0.268 e. The molecule has 80 valence electrons. The summed E-state index contributed by atoms with van der Waals surface area (Å²) in [6.45, 7) is 0. The molecule has 2 aromatic rings. The summed E-state index contributed by atoms with van der Waals surface area (Å²) >= 11 is 0. The molecule has 0 saturated carbocycles. The predicted molar refractivity (Wildman–Crippen MR) is 67.7 cm³/mol. The van der Waals surface area contributed by atoms with Crippen LogP contribution in [-0.4, -0.2) is 6.21 Å². The molecular weight excluding hydrogens is 208 g/mol. The number of nitrogens with zero attached hydrogens (tertiary/aromatic N) is 2. The summed E-state index contributed by atoms with van der Waals surface area (Å²) < 4.78 is 0. The molecule has 0 aliphatic carbocycles. The fourth-order valence-corrected chi connectivity index (χ4v) is 2.53. The van der Waals surface area contributed by atoms with Gasteiger partial charge in [0.1, 0.15) is 0 Å². The lowest BCUT2D eigenvalue weighted by Crippen LogP contribution is -2.12. The highest BCUT2D eigenvalue weighted by Crippen LogP contribution is 2.21. The molecule has 0 spiro atoms. The van der Waals surface area contributed by atoms with Gasteiger partial charge in [0.25, 0.3) is 0 Å². The first-order valence-electron chi connectivity index (χ1n) is 5.75. The van der Waals surface area contributed by atoms with Crippen molar-refractivity contribution in [3.8, 4) is 0 Å². The van der Waals surface area contributed by atoms with Gasteiger partial charge < -0.3 is 0 Å². The van der Waals surface area contributed by atoms with Crippen LogP contribution < -0.4 is 10.6 Å². The predicted octanol–water partition coefficient (Wildman–Crippen LogP) is 1.60. The molecule has 0 atom stereocenters. The Kier molecular flexibility index (Phi) is 1.64. The van der Waals surface area contributed by atoms with Crippen LogP contribution in [0.5, 0.6) is 0 Å². The van der Waals surface area contributed by atoms with Crippen LogP contribution in [-0.2, 0) is 6.42 Å². The third kappa shape index (κ3) is 1.15. The topological polar surface area (TPSA) is 24.7 Å². The smallest absolute Gasteiger partial charge is 0.0758 e. The minimum Gasteiger partial charge on any atom is -0.268 e. The number of aliphatic imine (C=N–C) groups is 1. The van der Waals surface area contributed by atoms with Gasteiger partial charge in [-0.2, -0.15) is 0 Å². The van der Waals surface area contributed by atoms with Crippen LogP contribution in [0.3, 0.4) is 0 Å². The van der Waals surface area contributed by atoms with Gasteiger partial charge >= 0.3 is 0 Å². The molecule has 17 heavy (non-hydrogen) atoms. The minimum atomic E-state index is 0.881. The second-order valence-electron chi connectivity index (χ2n) is 4.32. The van der Waals surface area contributed by atoms with Crippen molar-refractivity contribution in [2.45, 2.75) is 6.42 Å². The molecular formula is C15H10N2. The summed E-state index contributed by atoms with van der Waals surface area (Å²) in [5.41, 5.74) is 2.43. The van der Waals surface area contributed by atoms with E-state index in [1.807, 2.05) is 18.5 Å². The summed E-state index contributed by atoms with van der Waals surface area (Å²) in [7, 11) is 0. The highest BCUT2D eigenvalue weighted by atomic mass is 14.8. The standard InChI is InChI=1S/C15H10N2/c1-2-4-14-12(3-1)13-6-5-10-9-16-8-7-11(10)15(13)17-14/h1-6,8-9H,7H2. The zero-order chi connectivity index (χ0) is 11.2. The van der Waals surface area contributed by atoms with Gasteiger partial charge in [-0.3, -0.25) is 4.99 Å². The molecule has 4 rings (SSSR count). The average Bonchev–Trinajstić information content (AvgIpc) is 2.78. The highest BCUT2D eigenvalue weighted by Gasteiger charge is 2.10. The van der Waals surface area contributed by atoms with Gasteiger partial charge in [0.05, 0.1) is 11.0 Å². The number of benzene rings is 2. The van der Waals surface area contributed by atoms with Crippen LogP contribution in [0.1, 0.15) is 5.56 Å². The number of fused-ring (bicyclic) bond motifs is 4. The van der Waals surface area contributed by atoms with E-state index >= 15 is 0 Å². The molecule has 0 radical (unpaired) electrons. The highest BCUT2D eigenvalue weighted by molar-refractivity contribution is 5.72. The maximum absolute atomic E-state index is 4.75. The van der Waals surface area contributed by atoms with E-state index in [-0.39, 0.29) is 0 Å². The SMILES string of the molecule is C1=NC=c2ccc3c(c2C1)N=c1ccccc1=3. The molecule has 0 N–H and O–H groups in total. The summed E-state index contributed by atoms with van der Waals surface area (Å²) in [5, 5.41) is 4.78. The molecule has 0 unspecified atom stereocenters. The van der Waals surface area contributed by atoms with Crippen molar-refractivity contribution in [2.75, 3.05) is 0 Å². The van der Waals surface area contributed by atoms with Crippen LogP contribution in [0.25, 0.3) is 6.20 Å². The Labute approximate surface area is 98.0 Å². The average molecular weight is 218 g/mol. The van der Waals surface area contributed by atoms with Gasteiger partial charge in [0.2, 0.25) is 0 Å². The second kappa shape index (κ2) is 3.14. The van der Waals surface area contributed by atoms with E-state index in [9.17, 15) is 0 Å². The van der Waals surface area contributed by atoms with Crippen molar-refractivity contribution in [3.05, 3.63) is 63.0 Å². The van der Waals surface area contributed by atoms with Gasteiger partial charge in [-0.1, -0.05) is 30.3 Å². The van der Waals surface area contributed by atoms with Crippen LogP contribution in [0.15, 0.2) is 46.4 Å². The van der Waals surface area contributed by atoms with Crippen molar-refractivity contribution < 1.29 is 0 Å². The van der Waals surface area contributed by atoms with E-state index in [0.717, 1.165) is 17.5 Å². The molecule has 0 amide bonds. The molecule has 2 heterocycles. The van der Waals surface area contributed by atoms with Crippen molar-refractivity contribution >= 4 is 18.1 Å². The van der Waals surface area contributed by atoms with Crippen LogP contribution in [0, 0.1) is 10.4 Å². The Balaban J connectivity index is 2.27. The molecule has 0 fully saturated rings. The van der Waals surface area contributed by atoms with E-state index in [4.69, 9.17) is 4.99 Å². The first-order chi connectivity index (χ1) is 8.43. The van der Waals surface area contributed by atoms with Gasteiger partial charge in [0.15, 0.2) is 0 Å². The van der Waals surface area contributed by atoms with Gasteiger partial charge in [-0.15, -0.1) is 0 Å². The number of rotatable bonds is 0. The Hall–Kier alpha value is -2.22. The summed E-state index contributed by atoms with van der Waals surface area (Å²) in [4.78, 5) is 8.95. The van der Waals surface area contributed by atoms with Gasteiger partial charge in [-0.25, -0.2) is 4.99 Å². The summed E-state index contributed by atoms with van der Waals surface area (Å²) in [6.07, 6.45) is 4.74. The molecule has 2 nitrogen and oxygen atoms in total. The molecule has 2 aromatic carbocycles. The van der Waals surface area contributed by atoms with Crippen molar-refractivity contribution in [2.24, 2.45) is 9.98 Å². The summed E-state index contributed by atoms with van der Waals surface area (Å²) in [5.74, 6) is 0. The van der Waals surface area contributed by atoms with E-state index in [1.165, 1.54) is 21.2 Å². The first-order valence-corrected chi connectivity index (χ1v) is 5.75. The molecule has 0 saturated heterocycles. The molecule has 2 aliphatic rings. The van der Waals surface area contributed by atoms with Gasteiger partial charge in [0, 0.05) is 29.3 Å². The second-order valence-corrected chi connectivity index (χ2v) is 4.32.